The van der Waals surface area contributed by atoms with Gasteiger partial charge in [-0.05, 0) is 17.7 Å². The van der Waals surface area contributed by atoms with Crippen LogP contribution in [-0.2, 0) is 11.3 Å². The van der Waals surface area contributed by atoms with Gasteiger partial charge in [-0.1, -0.05) is 6.07 Å². The van der Waals surface area contributed by atoms with Crippen molar-refractivity contribution in [2.24, 2.45) is 0 Å². The van der Waals surface area contributed by atoms with Gasteiger partial charge in [0.25, 0.3) is 0 Å². The zero-order valence-electron chi connectivity index (χ0n) is 9.56. The molecule has 0 atom stereocenters. The van der Waals surface area contributed by atoms with Gasteiger partial charge in [-0.2, -0.15) is 0 Å². The number of carboxylic acid groups (broad SMARTS) is 1. The number of fused-ring (bicyclic) bond motifs is 1. The number of rotatable bonds is 5. The lowest BCUT2D eigenvalue weighted by Gasteiger charge is -2.02. The molecule has 0 radical (unpaired) electrons. The Morgan fingerprint density at radius 2 is 2.35 bits per heavy atom. The highest BCUT2D eigenvalue weighted by molar-refractivity contribution is 5.73. The van der Waals surface area contributed by atoms with Crippen molar-refractivity contribution in [2.75, 3.05) is 6.54 Å². The van der Waals surface area contributed by atoms with Crippen molar-refractivity contribution in [2.45, 2.75) is 19.9 Å². The number of nitrogens with zero attached hydrogens (tertiary/aromatic N) is 1. The predicted octanol–water partition coefficient (Wildman–Crippen LogP) is 1.70. The van der Waals surface area contributed by atoms with E-state index >= 15 is 0 Å². The van der Waals surface area contributed by atoms with Crippen LogP contribution in [0, 0.1) is 6.92 Å². The molecule has 0 aliphatic rings. The van der Waals surface area contributed by atoms with E-state index in [1.807, 2.05) is 25.1 Å². The highest BCUT2D eigenvalue weighted by atomic mass is 16.4. The lowest BCUT2D eigenvalue weighted by atomic mass is 10.2. The van der Waals surface area contributed by atoms with Gasteiger partial charge in [0.15, 0.2) is 11.5 Å². The minimum Gasteiger partial charge on any atom is -0.481 e. The molecular formula is C12H14N2O3. The Balaban J connectivity index is 1.96. The van der Waals surface area contributed by atoms with Crippen LogP contribution >= 0.6 is 0 Å². The van der Waals surface area contributed by atoms with E-state index in [0.717, 1.165) is 16.7 Å². The van der Waals surface area contributed by atoms with Crippen molar-refractivity contribution in [3.63, 3.8) is 0 Å². The van der Waals surface area contributed by atoms with Gasteiger partial charge in [-0.25, -0.2) is 4.98 Å². The van der Waals surface area contributed by atoms with Gasteiger partial charge in [0.1, 0.15) is 5.52 Å². The largest absolute Gasteiger partial charge is 0.481 e. The minimum atomic E-state index is -0.792. The molecule has 0 saturated heterocycles. The molecule has 1 aromatic heterocycles. The number of benzene rings is 1. The molecule has 17 heavy (non-hydrogen) atoms. The zero-order valence-corrected chi connectivity index (χ0v) is 9.56. The smallest absolute Gasteiger partial charge is 0.304 e. The summed E-state index contributed by atoms with van der Waals surface area (Å²) >= 11 is 0. The summed E-state index contributed by atoms with van der Waals surface area (Å²) in [6.45, 7) is 2.91. The van der Waals surface area contributed by atoms with Crippen molar-refractivity contribution in [1.82, 2.24) is 10.3 Å². The molecule has 1 heterocycles. The summed E-state index contributed by atoms with van der Waals surface area (Å²) < 4.78 is 5.37. The van der Waals surface area contributed by atoms with Crippen LogP contribution in [0.25, 0.3) is 11.1 Å². The second-order valence-electron chi connectivity index (χ2n) is 3.86. The van der Waals surface area contributed by atoms with Gasteiger partial charge in [0.2, 0.25) is 0 Å². The van der Waals surface area contributed by atoms with Gasteiger partial charge in [0, 0.05) is 20.0 Å². The normalized spacial score (nSPS) is 10.9. The van der Waals surface area contributed by atoms with Crippen molar-refractivity contribution >= 4 is 17.1 Å². The summed E-state index contributed by atoms with van der Waals surface area (Å²) in [5.74, 6) is -0.143. The number of hydrogen-bond acceptors (Lipinski definition) is 4. The van der Waals surface area contributed by atoms with E-state index in [9.17, 15) is 4.79 Å². The maximum atomic E-state index is 10.3. The molecule has 0 aliphatic carbocycles. The van der Waals surface area contributed by atoms with Crippen LogP contribution in [0.1, 0.15) is 17.9 Å². The Kier molecular flexibility index (Phi) is 3.39. The summed E-state index contributed by atoms with van der Waals surface area (Å²) in [5, 5.41) is 11.6. The molecule has 0 unspecified atom stereocenters. The number of oxazole rings is 1. The number of nitrogens with one attached hydrogen (secondary N) is 1. The highest BCUT2D eigenvalue weighted by Crippen LogP contribution is 2.16. The van der Waals surface area contributed by atoms with Gasteiger partial charge >= 0.3 is 5.97 Å². The Labute approximate surface area is 98.5 Å². The Morgan fingerprint density at radius 1 is 1.53 bits per heavy atom. The van der Waals surface area contributed by atoms with Crippen LogP contribution in [0.2, 0.25) is 0 Å². The Morgan fingerprint density at radius 3 is 3.12 bits per heavy atom. The third-order valence-electron chi connectivity index (χ3n) is 2.40. The molecule has 0 amide bonds. The molecule has 2 rings (SSSR count). The molecule has 1 aromatic carbocycles. The number of hydrogen-bond donors (Lipinski definition) is 2. The predicted molar refractivity (Wildman–Crippen MR) is 62.7 cm³/mol. The third kappa shape index (κ3) is 3.04. The molecule has 0 aliphatic heterocycles. The second kappa shape index (κ2) is 4.97. The number of carboxylic acids is 1. The van der Waals surface area contributed by atoms with E-state index in [2.05, 4.69) is 10.3 Å². The highest BCUT2D eigenvalue weighted by Gasteiger charge is 2.03. The molecule has 5 nitrogen and oxygen atoms in total. The van der Waals surface area contributed by atoms with Gasteiger partial charge < -0.3 is 14.8 Å². The van der Waals surface area contributed by atoms with Gasteiger partial charge in [-0.15, -0.1) is 0 Å². The molecule has 5 heteroatoms. The van der Waals surface area contributed by atoms with Crippen molar-refractivity contribution in [3.8, 4) is 0 Å². The summed E-state index contributed by atoms with van der Waals surface area (Å²) in [6.07, 6.45) is 0.130. The van der Waals surface area contributed by atoms with Crippen molar-refractivity contribution in [3.05, 3.63) is 29.7 Å². The summed E-state index contributed by atoms with van der Waals surface area (Å²) in [4.78, 5) is 14.6. The van der Waals surface area contributed by atoms with Gasteiger partial charge in [0.05, 0.1) is 6.42 Å². The van der Waals surface area contributed by atoms with E-state index in [-0.39, 0.29) is 6.42 Å². The summed E-state index contributed by atoms with van der Waals surface area (Å²) in [7, 11) is 0. The van der Waals surface area contributed by atoms with Crippen LogP contribution < -0.4 is 5.32 Å². The molecule has 0 fully saturated rings. The fraction of sp³-hybridized carbons (Fsp3) is 0.333. The van der Waals surface area contributed by atoms with E-state index in [4.69, 9.17) is 9.52 Å². The molecule has 90 valence electrons. The van der Waals surface area contributed by atoms with Crippen LogP contribution in [-0.4, -0.2) is 22.6 Å². The lowest BCUT2D eigenvalue weighted by Crippen LogP contribution is -2.17. The average Bonchev–Trinajstić information content (AvgIpc) is 2.63. The first-order valence-electron chi connectivity index (χ1n) is 5.44. The van der Waals surface area contributed by atoms with E-state index < -0.39 is 5.97 Å². The van der Waals surface area contributed by atoms with Crippen molar-refractivity contribution in [1.29, 1.82) is 0 Å². The minimum absolute atomic E-state index is 0.130. The fourth-order valence-electron chi connectivity index (χ4n) is 1.63. The Bertz CT molecular complexity index is 534. The summed E-state index contributed by atoms with van der Waals surface area (Å²) in [5.41, 5.74) is 2.67. The summed E-state index contributed by atoms with van der Waals surface area (Å²) in [6, 6.07) is 5.77. The topological polar surface area (TPSA) is 75.4 Å². The molecule has 0 spiro atoms. The molecular weight excluding hydrogens is 220 g/mol. The maximum Gasteiger partial charge on any atom is 0.304 e. The van der Waals surface area contributed by atoms with Crippen LogP contribution in [0.3, 0.4) is 0 Å². The standard InChI is InChI=1S/C12H14N2O3/c1-8-14-10-6-9(2-3-11(10)17-8)7-13-5-4-12(15)16/h2-3,6,13H,4-5,7H2,1H3,(H,15,16). The van der Waals surface area contributed by atoms with E-state index in [1.165, 1.54) is 0 Å². The molecule has 0 bridgehead atoms. The van der Waals surface area contributed by atoms with Gasteiger partial charge in [-0.3, -0.25) is 4.79 Å². The van der Waals surface area contributed by atoms with E-state index in [1.54, 1.807) is 0 Å². The SMILES string of the molecule is Cc1nc2cc(CNCCC(=O)O)ccc2o1. The van der Waals surface area contributed by atoms with Crippen LogP contribution in [0.5, 0.6) is 0 Å². The first-order valence-corrected chi connectivity index (χ1v) is 5.44. The first-order chi connectivity index (χ1) is 8.15. The molecule has 0 saturated carbocycles. The number of carbonyl (C=O) groups is 1. The zero-order chi connectivity index (χ0) is 12.3. The Hall–Kier alpha value is -1.88. The molecule has 2 N–H and O–H groups in total. The van der Waals surface area contributed by atoms with Crippen LogP contribution in [0.15, 0.2) is 22.6 Å². The lowest BCUT2D eigenvalue weighted by molar-refractivity contribution is -0.136. The monoisotopic (exact) mass is 234 g/mol. The van der Waals surface area contributed by atoms with E-state index in [0.29, 0.717) is 19.0 Å². The maximum absolute atomic E-state index is 10.3. The second-order valence-corrected chi connectivity index (χ2v) is 3.86. The molecule has 2 aromatic rings. The average molecular weight is 234 g/mol. The number of aryl methyl sites for hydroxylation is 1. The van der Waals surface area contributed by atoms with Crippen LogP contribution in [0.4, 0.5) is 0 Å². The third-order valence-corrected chi connectivity index (χ3v) is 2.40. The first kappa shape index (κ1) is 11.6. The quantitative estimate of drug-likeness (QED) is 0.770. The van der Waals surface area contributed by atoms with Crippen molar-refractivity contribution < 1.29 is 14.3 Å². The fourth-order valence-corrected chi connectivity index (χ4v) is 1.63. The number of aromatic nitrogens is 1. The number of aliphatic carboxylic acids is 1.